The van der Waals surface area contributed by atoms with E-state index >= 15 is 0 Å². The molecular weight excluding hydrogens is 307 g/mol. The van der Waals surface area contributed by atoms with E-state index in [0.29, 0.717) is 12.5 Å². The Balaban J connectivity index is 0.00000180. The normalized spacial score (nSPS) is 19.7. The fraction of sp³-hybridized carbons (Fsp3) is 0.500. The fourth-order valence-corrected chi connectivity index (χ4v) is 3.70. The fourth-order valence-electron chi connectivity index (χ4n) is 2.07. The van der Waals surface area contributed by atoms with Crippen LogP contribution in [-0.2, 0) is 10.0 Å². The first-order valence-electron chi connectivity index (χ1n) is 6.04. The van der Waals surface area contributed by atoms with Gasteiger partial charge in [-0.1, -0.05) is 23.7 Å². The van der Waals surface area contributed by atoms with Crippen LogP contribution in [0.15, 0.2) is 29.2 Å². The van der Waals surface area contributed by atoms with Crippen LogP contribution in [0.3, 0.4) is 0 Å². The van der Waals surface area contributed by atoms with Crippen molar-refractivity contribution in [3.8, 4) is 0 Å². The zero-order valence-corrected chi connectivity index (χ0v) is 12.8. The smallest absolute Gasteiger partial charge is 0.242 e. The summed E-state index contributed by atoms with van der Waals surface area (Å²) in [5.41, 5.74) is 0. The van der Waals surface area contributed by atoms with Gasteiger partial charge in [0.05, 0.1) is 5.02 Å². The Morgan fingerprint density at radius 1 is 1.37 bits per heavy atom. The van der Waals surface area contributed by atoms with Crippen molar-refractivity contribution in [1.82, 2.24) is 10.0 Å². The first-order chi connectivity index (χ1) is 8.59. The molecule has 0 bridgehead atoms. The van der Waals surface area contributed by atoms with E-state index in [4.69, 9.17) is 11.6 Å². The van der Waals surface area contributed by atoms with Gasteiger partial charge in [-0.2, -0.15) is 0 Å². The molecule has 1 aliphatic heterocycles. The molecule has 108 valence electrons. The summed E-state index contributed by atoms with van der Waals surface area (Å²) in [5.74, 6) is 0.357. The third-order valence-electron chi connectivity index (χ3n) is 3.09. The zero-order valence-electron chi connectivity index (χ0n) is 10.4. The highest BCUT2D eigenvalue weighted by atomic mass is 35.5. The molecule has 19 heavy (non-hydrogen) atoms. The van der Waals surface area contributed by atoms with Crippen LogP contribution in [0.25, 0.3) is 0 Å². The van der Waals surface area contributed by atoms with Gasteiger partial charge >= 0.3 is 0 Å². The molecule has 1 aromatic carbocycles. The minimum Gasteiger partial charge on any atom is -0.316 e. The van der Waals surface area contributed by atoms with Crippen LogP contribution in [0.2, 0.25) is 5.02 Å². The van der Waals surface area contributed by atoms with Crippen molar-refractivity contribution in [2.75, 3.05) is 19.6 Å². The molecule has 2 rings (SSSR count). The number of piperidine rings is 1. The Morgan fingerprint density at radius 3 is 2.74 bits per heavy atom. The Kier molecular flexibility index (Phi) is 6.56. The molecule has 0 aliphatic carbocycles. The number of halogens is 2. The minimum absolute atomic E-state index is 0. The van der Waals surface area contributed by atoms with Gasteiger partial charge in [-0.25, -0.2) is 13.1 Å². The van der Waals surface area contributed by atoms with E-state index < -0.39 is 10.0 Å². The molecule has 1 aliphatic rings. The van der Waals surface area contributed by atoms with Crippen LogP contribution in [-0.4, -0.2) is 28.1 Å². The van der Waals surface area contributed by atoms with Crippen molar-refractivity contribution in [2.45, 2.75) is 17.7 Å². The van der Waals surface area contributed by atoms with Crippen molar-refractivity contribution >= 4 is 34.0 Å². The summed E-state index contributed by atoms with van der Waals surface area (Å²) in [6, 6.07) is 6.48. The van der Waals surface area contributed by atoms with E-state index in [1.807, 2.05) is 0 Å². The van der Waals surface area contributed by atoms with Crippen LogP contribution >= 0.6 is 24.0 Å². The van der Waals surface area contributed by atoms with Crippen molar-refractivity contribution in [3.05, 3.63) is 29.3 Å². The van der Waals surface area contributed by atoms with Gasteiger partial charge in [0.2, 0.25) is 10.0 Å². The predicted octanol–water partition coefficient (Wildman–Crippen LogP) is 2.04. The SMILES string of the molecule is Cl.O=S(=O)(NCC1CCCNC1)c1ccccc1Cl. The third kappa shape index (κ3) is 4.61. The van der Waals surface area contributed by atoms with Crippen LogP contribution in [0, 0.1) is 5.92 Å². The van der Waals surface area contributed by atoms with Gasteiger partial charge < -0.3 is 5.32 Å². The molecular formula is C12H18Cl2N2O2S. The molecule has 7 heteroatoms. The Morgan fingerprint density at radius 2 is 2.11 bits per heavy atom. The summed E-state index contributed by atoms with van der Waals surface area (Å²) in [6.45, 7) is 2.35. The molecule has 1 fully saturated rings. The van der Waals surface area contributed by atoms with Gasteiger partial charge in [-0.15, -0.1) is 12.4 Å². The summed E-state index contributed by atoms with van der Waals surface area (Å²) in [6.07, 6.45) is 2.15. The zero-order chi connectivity index (χ0) is 13.0. The molecule has 1 aromatic rings. The summed E-state index contributed by atoms with van der Waals surface area (Å²) >= 11 is 5.90. The summed E-state index contributed by atoms with van der Waals surface area (Å²) in [4.78, 5) is 0.149. The molecule has 0 radical (unpaired) electrons. The van der Waals surface area contributed by atoms with Gasteiger partial charge in [0.15, 0.2) is 0 Å². The molecule has 2 N–H and O–H groups in total. The first-order valence-corrected chi connectivity index (χ1v) is 7.90. The maximum atomic E-state index is 12.1. The molecule has 1 heterocycles. The summed E-state index contributed by atoms with van der Waals surface area (Å²) in [5, 5.41) is 3.52. The predicted molar refractivity (Wildman–Crippen MR) is 79.5 cm³/mol. The average Bonchev–Trinajstić information content (AvgIpc) is 2.38. The summed E-state index contributed by atoms with van der Waals surface area (Å²) < 4.78 is 26.8. The standard InChI is InChI=1S/C12H17ClN2O2S.ClH/c13-11-5-1-2-6-12(11)18(16,17)15-9-10-4-3-7-14-8-10;/h1-2,5-6,10,14-15H,3-4,7-9H2;1H. The van der Waals surface area contributed by atoms with Crippen molar-refractivity contribution in [1.29, 1.82) is 0 Å². The van der Waals surface area contributed by atoms with Gasteiger partial charge in [0.25, 0.3) is 0 Å². The maximum absolute atomic E-state index is 12.1. The van der Waals surface area contributed by atoms with Crippen LogP contribution < -0.4 is 10.0 Å². The lowest BCUT2D eigenvalue weighted by Gasteiger charge is -2.22. The number of sulfonamides is 1. The minimum atomic E-state index is -3.50. The molecule has 0 aromatic heterocycles. The van der Waals surface area contributed by atoms with E-state index in [1.165, 1.54) is 6.07 Å². The monoisotopic (exact) mass is 324 g/mol. The maximum Gasteiger partial charge on any atom is 0.242 e. The number of benzene rings is 1. The second-order valence-electron chi connectivity index (χ2n) is 4.49. The Hall–Kier alpha value is -0.330. The highest BCUT2D eigenvalue weighted by Gasteiger charge is 2.20. The van der Waals surface area contributed by atoms with Gasteiger partial charge in [0.1, 0.15) is 4.90 Å². The third-order valence-corrected chi connectivity index (χ3v) is 5.01. The Bertz CT molecular complexity index is 502. The largest absolute Gasteiger partial charge is 0.316 e. The van der Waals surface area contributed by atoms with Crippen LogP contribution in [0.1, 0.15) is 12.8 Å². The topological polar surface area (TPSA) is 58.2 Å². The number of nitrogens with one attached hydrogen (secondary N) is 2. The van der Waals surface area contributed by atoms with E-state index in [-0.39, 0.29) is 22.3 Å². The number of rotatable bonds is 4. The molecule has 1 saturated heterocycles. The van der Waals surface area contributed by atoms with Crippen LogP contribution in [0.5, 0.6) is 0 Å². The second kappa shape index (κ2) is 7.45. The first kappa shape index (κ1) is 16.7. The molecule has 0 saturated carbocycles. The quantitative estimate of drug-likeness (QED) is 0.891. The Labute approximate surface area is 125 Å². The van der Waals surface area contributed by atoms with Gasteiger partial charge in [-0.05, 0) is 44.0 Å². The van der Waals surface area contributed by atoms with Crippen molar-refractivity contribution in [2.24, 2.45) is 5.92 Å². The van der Waals surface area contributed by atoms with Crippen molar-refractivity contribution in [3.63, 3.8) is 0 Å². The molecule has 0 spiro atoms. The summed E-state index contributed by atoms with van der Waals surface area (Å²) in [7, 11) is -3.50. The lowest BCUT2D eigenvalue weighted by Crippen LogP contribution is -2.38. The van der Waals surface area contributed by atoms with E-state index in [2.05, 4.69) is 10.0 Å². The highest BCUT2D eigenvalue weighted by Crippen LogP contribution is 2.20. The van der Waals surface area contributed by atoms with E-state index in [0.717, 1.165) is 25.9 Å². The average molecular weight is 325 g/mol. The highest BCUT2D eigenvalue weighted by molar-refractivity contribution is 7.89. The van der Waals surface area contributed by atoms with Gasteiger partial charge in [-0.3, -0.25) is 0 Å². The number of hydrogen-bond donors (Lipinski definition) is 2. The van der Waals surface area contributed by atoms with E-state index in [9.17, 15) is 8.42 Å². The molecule has 4 nitrogen and oxygen atoms in total. The molecule has 0 amide bonds. The number of hydrogen-bond acceptors (Lipinski definition) is 3. The molecule has 1 atom stereocenters. The molecule has 1 unspecified atom stereocenters. The lowest BCUT2D eigenvalue weighted by atomic mass is 10.0. The van der Waals surface area contributed by atoms with Crippen molar-refractivity contribution < 1.29 is 8.42 Å². The lowest BCUT2D eigenvalue weighted by molar-refractivity contribution is 0.376. The van der Waals surface area contributed by atoms with E-state index in [1.54, 1.807) is 18.2 Å². The van der Waals surface area contributed by atoms with Crippen LogP contribution in [0.4, 0.5) is 0 Å². The second-order valence-corrected chi connectivity index (χ2v) is 6.64. The van der Waals surface area contributed by atoms with Gasteiger partial charge in [0, 0.05) is 6.54 Å².